The third-order valence-electron chi connectivity index (χ3n) is 3.58. The van der Waals surface area contributed by atoms with Crippen molar-refractivity contribution in [3.8, 4) is 5.75 Å². The molecule has 0 bridgehead atoms. The minimum atomic E-state index is -3.02. The van der Waals surface area contributed by atoms with Gasteiger partial charge in [-0.3, -0.25) is 4.79 Å². The molecular formula is C16H17NO5S. The van der Waals surface area contributed by atoms with Gasteiger partial charge in [0.1, 0.15) is 18.1 Å². The van der Waals surface area contributed by atoms with Crippen molar-refractivity contribution < 1.29 is 22.4 Å². The number of para-hydroxylation sites is 1. The van der Waals surface area contributed by atoms with Crippen LogP contribution in [-0.4, -0.2) is 31.9 Å². The zero-order valence-corrected chi connectivity index (χ0v) is 13.2. The highest BCUT2D eigenvalue weighted by Crippen LogP contribution is 2.15. The summed E-state index contributed by atoms with van der Waals surface area (Å²) < 4.78 is 33.8. The zero-order valence-electron chi connectivity index (χ0n) is 12.4. The number of carbonyl (C=O) groups excluding carboxylic acids is 1. The third kappa shape index (κ3) is 4.13. The maximum atomic E-state index is 12.1. The van der Waals surface area contributed by atoms with E-state index in [-0.39, 0.29) is 29.9 Å². The maximum absolute atomic E-state index is 12.1. The highest BCUT2D eigenvalue weighted by molar-refractivity contribution is 7.91. The lowest BCUT2D eigenvalue weighted by Gasteiger charge is -2.08. The molecule has 0 aliphatic carbocycles. The monoisotopic (exact) mass is 335 g/mol. The minimum absolute atomic E-state index is 0.0105. The summed E-state index contributed by atoms with van der Waals surface area (Å²) >= 11 is 0. The molecule has 2 aromatic rings. The standard InChI is InChI=1S/C16H17NO5S/c18-16(17-12-8-9-23(19,20)11-12)15-7-6-14(22-15)10-21-13-4-2-1-3-5-13/h1-7,12H,8-11H2,(H,17,18)/t12-/m1/s1. The highest BCUT2D eigenvalue weighted by Gasteiger charge is 2.29. The molecule has 3 rings (SSSR count). The molecule has 1 atom stereocenters. The number of carbonyl (C=O) groups is 1. The summed E-state index contributed by atoms with van der Waals surface area (Å²) in [5.41, 5.74) is 0. The molecule has 0 unspecified atom stereocenters. The van der Waals surface area contributed by atoms with Crippen LogP contribution >= 0.6 is 0 Å². The molecule has 1 aromatic heterocycles. The summed E-state index contributed by atoms with van der Waals surface area (Å²) in [6.07, 6.45) is 0.443. The molecule has 0 radical (unpaired) electrons. The van der Waals surface area contributed by atoms with Crippen LogP contribution in [0.2, 0.25) is 0 Å². The van der Waals surface area contributed by atoms with E-state index in [0.29, 0.717) is 17.9 Å². The van der Waals surface area contributed by atoms with Gasteiger partial charge in [-0.25, -0.2) is 8.42 Å². The Morgan fingerprint density at radius 3 is 2.70 bits per heavy atom. The van der Waals surface area contributed by atoms with E-state index < -0.39 is 15.7 Å². The molecule has 1 saturated heterocycles. The van der Waals surface area contributed by atoms with Crippen molar-refractivity contribution in [2.45, 2.75) is 19.1 Å². The first kappa shape index (κ1) is 15.6. The van der Waals surface area contributed by atoms with E-state index in [1.807, 2.05) is 30.3 Å². The van der Waals surface area contributed by atoms with E-state index in [4.69, 9.17) is 9.15 Å². The minimum Gasteiger partial charge on any atom is -0.486 e. The quantitative estimate of drug-likeness (QED) is 0.900. The molecule has 1 aromatic carbocycles. The molecular weight excluding hydrogens is 318 g/mol. The molecule has 23 heavy (non-hydrogen) atoms. The van der Waals surface area contributed by atoms with Gasteiger partial charge >= 0.3 is 0 Å². The predicted molar refractivity (Wildman–Crippen MR) is 84.0 cm³/mol. The van der Waals surface area contributed by atoms with Gasteiger partial charge < -0.3 is 14.5 Å². The largest absolute Gasteiger partial charge is 0.486 e. The summed E-state index contributed by atoms with van der Waals surface area (Å²) in [5, 5.41) is 2.69. The van der Waals surface area contributed by atoms with E-state index in [9.17, 15) is 13.2 Å². The first-order chi connectivity index (χ1) is 11.0. The zero-order chi connectivity index (χ0) is 16.3. The Morgan fingerprint density at radius 2 is 2.00 bits per heavy atom. The van der Waals surface area contributed by atoms with Crippen LogP contribution < -0.4 is 10.1 Å². The van der Waals surface area contributed by atoms with Crippen LogP contribution in [0.15, 0.2) is 46.9 Å². The van der Waals surface area contributed by atoms with Gasteiger partial charge in [0, 0.05) is 6.04 Å². The average Bonchev–Trinajstić information content (AvgIpc) is 3.13. The van der Waals surface area contributed by atoms with Gasteiger partial charge in [-0.05, 0) is 30.7 Å². The second-order valence-corrected chi connectivity index (χ2v) is 7.67. The molecule has 1 amide bonds. The number of hydrogen-bond acceptors (Lipinski definition) is 5. The van der Waals surface area contributed by atoms with Gasteiger partial charge in [-0.2, -0.15) is 0 Å². The van der Waals surface area contributed by atoms with Crippen molar-refractivity contribution in [2.24, 2.45) is 0 Å². The lowest BCUT2D eigenvalue weighted by atomic mass is 10.2. The van der Waals surface area contributed by atoms with Crippen LogP contribution in [0.25, 0.3) is 0 Å². The summed E-state index contributed by atoms with van der Waals surface area (Å²) in [7, 11) is -3.02. The molecule has 7 heteroatoms. The van der Waals surface area contributed by atoms with Crippen molar-refractivity contribution in [2.75, 3.05) is 11.5 Å². The Labute approximate surface area is 134 Å². The molecule has 1 aliphatic heterocycles. The fraction of sp³-hybridized carbons (Fsp3) is 0.312. The van der Waals surface area contributed by atoms with Gasteiger partial charge in [-0.15, -0.1) is 0 Å². The van der Waals surface area contributed by atoms with Crippen molar-refractivity contribution in [3.05, 3.63) is 54.0 Å². The summed E-state index contributed by atoms with van der Waals surface area (Å²) in [4.78, 5) is 12.1. The van der Waals surface area contributed by atoms with Gasteiger partial charge in [-0.1, -0.05) is 18.2 Å². The van der Waals surface area contributed by atoms with E-state index >= 15 is 0 Å². The van der Waals surface area contributed by atoms with Crippen molar-refractivity contribution in [1.29, 1.82) is 0 Å². The SMILES string of the molecule is O=C(N[C@@H]1CCS(=O)(=O)C1)c1ccc(COc2ccccc2)o1. The fourth-order valence-corrected chi connectivity index (χ4v) is 4.09. The summed E-state index contributed by atoms with van der Waals surface area (Å²) in [6, 6.07) is 12.2. The van der Waals surface area contributed by atoms with E-state index in [1.165, 1.54) is 0 Å². The Hall–Kier alpha value is -2.28. The maximum Gasteiger partial charge on any atom is 0.287 e. The third-order valence-corrected chi connectivity index (χ3v) is 5.35. The Morgan fingerprint density at radius 1 is 1.22 bits per heavy atom. The molecule has 0 saturated carbocycles. The topological polar surface area (TPSA) is 85.6 Å². The molecule has 1 fully saturated rings. The lowest BCUT2D eigenvalue weighted by molar-refractivity contribution is 0.0909. The average molecular weight is 335 g/mol. The summed E-state index contributed by atoms with van der Waals surface area (Å²) in [6.45, 7) is 0.217. The molecule has 2 heterocycles. The normalized spacial score (nSPS) is 19.4. The van der Waals surface area contributed by atoms with E-state index in [0.717, 1.165) is 0 Å². The van der Waals surface area contributed by atoms with Crippen LogP contribution in [0.4, 0.5) is 0 Å². The Kier molecular flexibility index (Phi) is 4.38. The Balaban J connectivity index is 1.55. The van der Waals surface area contributed by atoms with Crippen molar-refractivity contribution >= 4 is 15.7 Å². The van der Waals surface area contributed by atoms with Crippen molar-refractivity contribution in [3.63, 3.8) is 0 Å². The number of furan rings is 1. The number of hydrogen-bond donors (Lipinski definition) is 1. The number of amides is 1. The first-order valence-corrected chi connectivity index (χ1v) is 9.12. The Bertz CT molecular complexity index is 782. The summed E-state index contributed by atoms with van der Waals surface area (Å²) in [5.74, 6) is 1.10. The molecule has 0 spiro atoms. The number of ether oxygens (including phenoxy) is 1. The molecule has 1 N–H and O–H groups in total. The van der Waals surface area contributed by atoms with E-state index in [2.05, 4.69) is 5.32 Å². The van der Waals surface area contributed by atoms with Crippen LogP contribution in [0.1, 0.15) is 22.7 Å². The number of benzene rings is 1. The van der Waals surface area contributed by atoms with Gasteiger partial charge in [0.15, 0.2) is 15.6 Å². The molecule has 122 valence electrons. The van der Waals surface area contributed by atoms with Crippen molar-refractivity contribution in [1.82, 2.24) is 5.32 Å². The second-order valence-electron chi connectivity index (χ2n) is 5.44. The molecule has 1 aliphatic rings. The number of nitrogens with one attached hydrogen (secondary N) is 1. The van der Waals surface area contributed by atoms with Gasteiger partial charge in [0.2, 0.25) is 0 Å². The van der Waals surface area contributed by atoms with Gasteiger partial charge in [0.05, 0.1) is 11.5 Å². The number of rotatable bonds is 5. The van der Waals surface area contributed by atoms with Crippen LogP contribution in [-0.2, 0) is 16.4 Å². The van der Waals surface area contributed by atoms with Crippen LogP contribution in [0.5, 0.6) is 5.75 Å². The first-order valence-electron chi connectivity index (χ1n) is 7.30. The fourth-order valence-electron chi connectivity index (χ4n) is 2.41. The second kappa shape index (κ2) is 6.45. The highest BCUT2D eigenvalue weighted by atomic mass is 32.2. The van der Waals surface area contributed by atoms with Gasteiger partial charge in [0.25, 0.3) is 5.91 Å². The molecule has 6 nitrogen and oxygen atoms in total. The van der Waals surface area contributed by atoms with E-state index in [1.54, 1.807) is 12.1 Å². The van der Waals surface area contributed by atoms with Crippen LogP contribution in [0, 0.1) is 0 Å². The lowest BCUT2D eigenvalue weighted by Crippen LogP contribution is -2.35. The predicted octanol–water partition coefficient (Wildman–Crippen LogP) is 1.78. The number of sulfone groups is 1. The van der Waals surface area contributed by atoms with Crippen LogP contribution in [0.3, 0.4) is 0 Å². The smallest absolute Gasteiger partial charge is 0.287 e.